The zero-order valence-electron chi connectivity index (χ0n) is 12.9. The maximum absolute atomic E-state index is 12.4. The van der Waals surface area contributed by atoms with E-state index in [1.54, 1.807) is 6.07 Å². The van der Waals surface area contributed by atoms with Crippen LogP contribution in [0, 0.1) is 5.41 Å². The van der Waals surface area contributed by atoms with Crippen molar-refractivity contribution in [2.75, 3.05) is 13.1 Å². The predicted molar refractivity (Wildman–Crippen MR) is 88.1 cm³/mol. The van der Waals surface area contributed by atoms with Crippen LogP contribution in [0.4, 0.5) is 0 Å². The fourth-order valence-corrected chi connectivity index (χ4v) is 5.30. The second-order valence-electron chi connectivity index (χ2n) is 6.24. The highest BCUT2D eigenvalue weighted by Gasteiger charge is 2.30. The van der Waals surface area contributed by atoms with Gasteiger partial charge in [0.15, 0.2) is 0 Å². The molecule has 1 fully saturated rings. The van der Waals surface area contributed by atoms with Gasteiger partial charge in [-0.15, -0.1) is 11.3 Å². The van der Waals surface area contributed by atoms with Crippen LogP contribution in [-0.4, -0.2) is 21.5 Å². The topological polar surface area (TPSA) is 58.2 Å². The summed E-state index contributed by atoms with van der Waals surface area (Å²) in [5.41, 5.74) is 0.135. The molecule has 0 spiro atoms. The van der Waals surface area contributed by atoms with Gasteiger partial charge in [-0.2, -0.15) is 0 Å². The van der Waals surface area contributed by atoms with Gasteiger partial charge in [-0.05, 0) is 43.4 Å². The van der Waals surface area contributed by atoms with Crippen LogP contribution in [0.2, 0.25) is 0 Å². The Hall–Kier alpha value is -0.430. The van der Waals surface area contributed by atoms with Gasteiger partial charge in [-0.1, -0.05) is 26.7 Å². The molecule has 21 heavy (non-hydrogen) atoms. The summed E-state index contributed by atoms with van der Waals surface area (Å²) in [6.07, 6.45) is 5.74. The number of rotatable bonds is 8. The molecule has 1 aromatic rings. The van der Waals surface area contributed by atoms with Crippen molar-refractivity contribution in [3.8, 4) is 0 Å². The fraction of sp³-hybridized carbons (Fsp3) is 0.733. The van der Waals surface area contributed by atoms with Crippen LogP contribution in [0.25, 0.3) is 0 Å². The van der Waals surface area contributed by atoms with Crippen molar-refractivity contribution in [1.82, 2.24) is 10.0 Å². The smallest absolute Gasteiger partial charge is 0.250 e. The number of sulfonamides is 1. The molecule has 6 heteroatoms. The van der Waals surface area contributed by atoms with Gasteiger partial charge in [0.2, 0.25) is 10.0 Å². The van der Waals surface area contributed by atoms with Crippen LogP contribution in [0.3, 0.4) is 0 Å². The van der Waals surface area contributed by atoms with E-state index in [9.17, 15) is 8.42 Å². The van der Waals surface area contributed by atoms with Gasteiger partial charge in [0.05, 0.1) is 0 Å². The fourth-order valence-electron chi connectivity index (χ4n) is 2.73. The standard InChI is InChI=1S/C15H26N2O2S2/c1-3-10-16-11-13-6-7-14(20-13)21(18,19)17-12-15(2)8-4-5-9-15/h6-7,16-17H,3-5,8-12H2,1-2H3. The predicted octanol–water partition coefficient (Wildman–Crippen LogP) is 3.11. The number of hydrogen-bond donors (Lipinski definition) is 2. The van der Waals surface area contributed by atoms with Crippen LogP contribution >= 0.6 is 11.3 Å². The van der Waals surface area contributed by atoms with E-state index in [-0.39, 0.29) is 5.41 Å². The van der Waals surface area contributed by atoms with E-state index in [0.29, 0.717) is 10.8 Å². The lowest BCUT2D eigenvalue weighted by molar-refractivity contribution is 0.336. The maximum Gasteiger partial charge on any atom is 0.250 e. The molecule has 0 amide bonds. The highest BCUT2D eigenvalue weighted by Crippen LogP contribution is 2.37. The van der Waals surface area contributed by atoms with Crippen LogP contribution in [0.15, 0.2) is 16.3 Å². The average molecular weight is 331 g/mol. The molecule has 0 aliphatic heterocycles. The second-order valence-corrected chi connectivity index (χ2v) is 9.40. The summed E-state index contributed by atoms with van der Waals surface area (Å²) in [5, 5.41) is 3.29. The SMILES string of the molecule is CCCNCc1ccc(S(=O)(=O)NCC2(C)CCCC2)s1. The Balaban J connectivity index is 1.92. The second kappa shape index (κ2) is 7.22. The summed E-state index contributed by atoms with van der Waals surface area (Å²) in [7, 11) is -3.35. The highest BCUT2D eigenvalue weighted by molar-refractivity contribution is 7.91. The summed E-state index contributed by atoms with van der Waals surface area (Å²) >= 11 is 1.36. The van der Waals surface area contributed by atoms with E-state index in [4.69, 9.17) is 0 Å². The normalized spacial score (nSPS) is 18.2. The van der Waals surface area contributed by atoms with Gasteiger partial charge in [0, 0.05) is 18.0 Å². The summed E-state index contributed by atoms with van der Waals surface area (Å²) < 4.78 is 27.9. The summed E-state index contributed by atoms with van der Waals surface area (Å²) in [6.45, 7) is 6.54. The van der Waals surface area contributed by atoms with Crippen molar-refractivity contribution in [3.63, 3.8) is 0 Å². The molecule has 0 aromatic carbocycles. The monoisotopic (exact) mass is 330 g/mol. The van der Waals surface area contributed by atoms with Crippen LogP contribution in [0.1, 0.15) is 50.8 Å². The Labute approximate surface area is 132 Å². The van der Waals surface area contributed by atoms with E-state index >= 15 is 0 Å². The Bertz CT molecular complexity index is 546. The van der Waals surface area contributed by atoms with Crippen molar-refractivity contribution in [2.45, 2.75) is 56.7 Å². The molecule has 1 saturated carbocycles. The molecule has 1 heterocycles. The Kier molecular flexibility index (Phi) is 5.82. The van der Waals surface area contributed by atoms with Crippen molar-refractivity contribution in [1.29, 1.82) is 0 Å². The summed E-state index contributed by atoms with van der Waals surface area (Å²) in [6, 6.07) is 3.62. The molecule has 4 nitrogen and oxygen atoms in total. The van der Waals surface area contributed by atoms with Gasteiger partial charge in [0.1, 0.15) is 4.21 Å². The largest absolute Gasteiger partial charge is 0.312 e. The molecule has 1 aliphatic rings. The number of thiophene rings is 1. The third kappa shape index (κ3) is 4.77. The molecule has 0 radical (unpaired) electrons. The van der Waals surface area contributed by atoms with E-state index in [2.05, 4.69) is 23.9 Å². The van der Waals surface area contributed by atoms with Crippen molar-refractivity contribution >= 4 is 21.4 Å². The highest BCUT2D eigenvalue weighted by atomic mass is 32.2. The third-order valence-electron chi connectivity index (χ3n) is 4.13. The van der Waals surface area contributed by atoms with Gasteiger partial charge >= 0.3 is 0 Å². The molecule has 0 saturated heterocycles. The lowest BCUT2D eigenvalue weighted by Gasteiger charge is -2.23. The van der Waals surface area contributed by atoms with Gasteiger partial charge in [-0.3, -0.25) is 0 Å². The number of hydrogen-bond acceptors (Lipinski definition) is 4. The molecule has 120 valence electrons. The molecule has 0 unspecified atom stereocenters. The number of nitrogens with one attached hydrogen (secondary N) is 2. The third-order valence-corrected chi connectivity index (χ3v) is 7.11. The Morgan fingerprint density at radius 1 is 1.29 bits per heavy atom. The first kappa shape index (κ1) is 16.9. The molecule has 1 aromatic heterocycles. The minimum absolute atomic E-state index is 0.135. The first-order valence-corrected chi connectivity index (χ1v) is 10.0. The summed E-state index contributed by atoms with van der Waals surface area (Å²) in [4.78, 5) is 1.07. The first-order valence-electron chi connectivity index (χ1n) is 7.74. The van der Waals surface area contributed by atoms with E-state index in [1.165, 1.54) is 24.2 Å². The van der Waals surface area contributed by atoms with E-state index in [0.717, 1.165) is 37.2 Å². The molecule has 0 atom stereocenters. The lowest BCUT2D eigenvalue weighted by Crippen LogP contribution is -2.33. The summed E-state index contributed by atoms with van der Waals surface area (Å²) in [5.74, 6) is 0. The molecule has 2 N–H and O–H groups in total. The van der Waals surface area contributed by atoms with E-state index in [1.807, 2.05) is 6.07 Å². The van der Waals surface area contributed by atoms with Crippen LogP contribution in [0.5, 0.6) is 0 Å². The zero-order chi connectivity index (χ0) is 15.3. The zero-order valence-corrected chi connectivity index (χ0v) is 14.6. The van der Waals surface area contributed by atoms with Gasteiger partial charge in [0.25, 0.3) is 0 Å². The van der Waals surface area contributed by atoms with Gasteiger partial charge < -0.3 is 5.32 Å². The molecule has 1 aliphatic carbocycles. The van der Waals surface area contributed by atoms with Crippen LogP contribution < -0.4 is 10.0 Å². The van der Waals surface area contributed by atoms with Crippen LogP contribution in [-0.2, 0) is 16.6 Å². The van der Waals surface area contributed by atoms with Crippen molar-refractivity contribution in [3.05, 3.63) is 17.0 Å². The van der Waals surface area contributed by atoms with Crippen molar-refractivity contribution in [2.24, 2.45) is 5.41 Å². The minimum atomic E-state index is -3.35. The lowest BCUT2D eigenvalue weighted by atomic mass is 9.89. The quantitative estimate of drug-likeness (QED) is 0.720. The maximum atomic E-state index is 12.4. The molecular formula is C15H26N2O2S2. The first-order chi connectivity index (χ1) is 9.95. The molecule has 0 bridgehead atoms. The van der Waals surface area contributed by atoms with E-state index < -0.39 is 10.0 Å². The average Bonchev–Trinajstić information content (AvgIpc) is 3.07. The Morgan fingerprint density at radius 2 is 2.00 bits per heavy atom. The minimum Gasteiger partial charge on any atom is -0.312 e. The van der Waals surface area contributed by atoms with Gasteiger partial charge in [-0.25, -0.2) is 13.1 Å². The Morgan fingerprint density at radius 3 is 2.67 bits per heavy atom. The van der Waals surface area contributed by atoms with Crippen molar-refractivity contribution < 1.29 is 8.42 Å². The molecular weight excluding hydrogens is 304 g/mol. The molecule has 2 rings (SSSR count).